The van der Waals surface area contributed by atoms with E-state index < -0.39 is 11.6 Å². The van der Waals surface area contributed by atoms with Crippen molar-refractivity contribution in [1.29, 1.82) is 0 Å². The summed E-state index contributed by atoms with van der Waals surface area (Å²) in [5, 5.41) is 5.34. The summed E-state index contributed by atoms with van der Waals surface area (Å²) in [6.07, 6.45) is 2.58. The van der Waals surface area contributed by atoms with Crippen LogP contribution in [0.4, 0.5) is 20.3 Å². The average molecular weight is 292 g/mol. The molecule has 7 heteroatoms. The summed E-state index contributed by atoms with van der Waals surface area (Å²) in [6, 6.07) is 3.14. The normalized spacial score (nSPS) is 10.5. The molecule has 0 radical (unpaired) electrons. The van der Waals surface area contributed by atoms with Gasteiger partial charge in [0.2, 0.25) is 0 Å². The molecule has 2 N–H and O–H groups in total. The van der Waals surface area contributed by atoms with Crippen LogP contribution in [0.2, 0.25) is 0 Å². The lowest BCUT2D eigenvalue weighted by molar-refractivity contribution is 0.0937. The summed E-state index contributed by atoms with van der Waals surface area (Å²) in [6.45, 7) is 3.66. The first-order valence-electron chi connectivity index (χ1n) is 6.30. The third-order valence-electron chi connectivity index (χ3n) is 2.50. The Morgan fingerprint density at radius 2 is 1.95 bits per heavy atom. The molecule has 2 rings (SSSR count). The van der Waals surface area contributed by atoms with Gasteiger partial charge in [0.05, 0.1) is 18.1 Å². The first-order chi connectivity index (χ1) is 9.95. The third kappa shape index (κ3) is 3.95. The molecule has 0 aliphatic heterocycles. The van der Waals surface area contributed by atoms with Crippen LogP contribution >= 0.6 is 0 Å². The summed E-state index contributed by atoms with van der Waals surface area (Å²) < 4.78 is 26.3. The predicted molar refractivity (Wildman–Crippen MR) is 74.3 cm³/mol. The van der Waals surface area contributed by atoms with Crippen molar-refractivity contribution in [3.05, 3.63) is 47.9 Å². The van der Waals surface area contributed by atoms with Crippen LogP contribution in [-0.4, -0.2) is 21.9 Å². The molecule has 0 saturated carbocycles. The van der Waals surface area contributed by atoms with Crippen molar-refractivity contribution in [1.82, 2.24) is 15.3 Å². The third-order valence-corrected chi connectivity index (χ3v) is 2.50. The van der Waals surface area contributed by atoms with E-state index in [1.54, 1.807) is 0 Å². The zero-order valence-electron chi connectivity index (χ0n) is 11.5. The maximum atomic E-state index is 13.5. The van der Waals surface area contributed by atoms with Gasteiger partial charge in [0, 0.05) is 12.1 Å². The Balaban J connectivity index is 2.10. The molecule has 1 aromatic carbocycles. The van der Waals surface area contributed by atoms with Crippen molar-refractivity contribution >= 4 is 17.4 Å². The fraction of sp³-hybridized carbons (Fsp3) is 0.214. The van der Waals surface area contributed by atoms with E-state index in [0.717, 1.165) is 12.1 Å². The van der Waals surface area contributed by atoms with Crippen LogP contribution in [0.1, 0.15) is 24.3 Å². The second kappa shape index (κ2) is 6.25. The van der Waals surface area contributed by atoms with Crippen molar-refractivity contribution in [2.24, 2.45) is 0 Å². The summed E-state index contributed by atoms with van der Waals surface area (Å²) in [5.41, 5.74) is 0.235. The molecule has 5 nitrogen and oxygen atoms in total. The van der Waals surface area contributed by atoms with Gasteiger partial charge in [-0.2, -0.15) is 0 Å². The Bertz CT molecular complexity index is 644. The second-order valence-electron chi connectivity index (χ2n) is 4.66. The predicted octanol–water partition coefficient (Wildman–Crippen LogP) is 2.64. The van der Waals surface area contributed by atoms with Crippen LogP contribution in [0, 0.1) is 11.6 Å². The van der Waals surface area contributed by atoms with Gasteiger partial charge in [0.15, 0.2) is 0 Å². The summed E-state index contributed by atoms with van der Waals surface area (Å²) >= 11 is 0. The number of amides is 1. The molecule has 110 valence electrons. The van der Waals surface area contributed by atoms with Gasteiger partial charge in [0.1, 0.15) is 23.1 Å². The topological polar surface area (TPSA) is 66.9 Å². The highest BCUT2D eigenvalue weighted by molar-refractivity contribution is 5.92. The smallest absolute Gasteiger partial charge is 0.271 e. The van der Waals surface area contributed by atoms with E-state index in [4.69, 9.17) is 0 Å². The minimum absolute atomic E-state index is 0.00888. The van der Waals surface area contributed by atoms with E-state index in [-0.39, 0.29) is 29.1 Å². The maximum absolute atomic E-state index is 13.5. The zero-order chi connectivity index (χ0) is 15.4. The minimum Gasteiger partial charge on any atom is -0.348 e. The van der Waals surface area contributed by atoms with Crippen LogP contribution in [0.5, 0.6) is 0 Å². The Morgan fingerprint density at radius 3 is 2.52 bits per heavy atom. The lowest BCUT2D eigenvalue weighted by Crippen LogP contribution is -2.30. The Kier molecular flexibility index (Phi) is 4.42. The number of carbonyl (C=O) groups excluding carboxylic acids is 1. The van der Waals surface area contributed by atoms with Gasteiger partial charge in [0.25, 0.3) is 5.91 Å². The largest absolute Gasteiger partial charge is 0.348 e. The van der Waals surface area contributed by atoms with Crippen molar-refractivity contribution in [2.45, 2.75) is 19.9 Å². The molecular weight excluding hydrogens is 278 g/mol. The minimum atomic E-state index is -0.738. The molecule has 0 spiro atoms. The molecule has 0 bridgehead atoms. The number of benzene rings is 1. The number of anilines is 2. The molecular formula is C14H14F2N4O. The van der Waals surface area contributed by atoms with Crippen LogP contribution in [0.15, 0.2) is 30.6 Å². The van der Waals surface area contributed by atoms with E-state index in [2.05, 4.69) is 20.6 Å². The first-order valence-corrected chi connectivity index (χ1v) is 6.30. The van der Waals surface area contributed by atoms with Crippen molar-refractivity contribution in [3.8, 4) is 0 Å². The van der Waals surface area contributed by atoms with E-state index in [1.807, 2.05) is 13.8 Å². The van der Waals surface area contributed by atoms with E-state index in [0.29, 0.717) is 0 Å². The van der Waals surface area contributed by atoms with E-state index in [1.165, 1.54) is 18.5 Å². The van der Waals surface area contributed by atoms with Gasteiger partial charge >= 0.3 is 0 Å². The van der Waals surface area contributed by atoms with Gasteiger partial charge in [-0.05, 0) is 26.0 Å². The number of hydrogen-bond donors (Lipinski definition) is 2. The van der Waals surface area contributed by atoms with Crippen molar-refractivity contribution in [3.63, 3.8) is 0 Å². The fourth-order valence-corrected chi connectivity index (χ4v) is 1.57. The highest BCUT2D eigenvalue weighted by Crippen LogP contribution is 2.18. The molecule has 0 aliphatic rings. The second-order valence-corrected chi connectivity index (χ2v) is 4.66. The Morgan fingerprint density at radius 1 is 1.19 bits per heavy atom. The number of nitrogens with one attached hydrogen (secondary N) is 2. The zero-order valence-corrected chi connectivity index (χ0v) is 11.5. The monoisotopic (exact) mass is 292 g/mol. The van der Waals surface area contributed by atoms with Gasteiger partial charge in [-0.15, -0.1) is 0 Å². The van der Waals surface area contributed by atoms with Gasteiger partial charge in [-0.3, -0.25) is 4.79 Å². The molecule has 0 atom stereocenters. The molecule has 0 saturated heterocycles. The van der Waals surface area contributed by atoms with Gasteiger partial charge in [-0.25, -0.2) is 18.7 Å². The quantitative estimate of drug-likeness (QED) is 0.909. The number of hydrogen-bond acceptors (Lipinski definition) is 4. The van der Waals surface area contributed by atoms with Gasteiger partial charge < -0.3 is 10.6 Å². The maximum Gasteiger partial charge on any atom is 0.271 e. The molecule has 0 fully saturated rings. The van der Waals surface area contributed by atoms with Crippen LogP contribution in [-0.2, 0) is 0 Å². The molecule has 2 aromatic rings. The Labute approximate surface area is 120 Å². The van der Waals surface area contributed by atoms with E-state index >= 15 is 0 Å². The van der Waals surface area contributed by atoms with Crippen molar-refractivity contribution < 1.29 is 13.6 Å². The number of rotatable bonds is 4. The standard InChI is InChI=1S/C14H14F2N4O/c1-8(2)19-14(21)12-6-18-13(7-17-12)20-11-4-3-9(15)5-10(11)16/h3-8H,1-2H3,(H,18,20)(H,19,21). The summed E-state index contributed by atoms with van der Waals surface area (Å²) in [7, 11) is 0. The molecule has 0 aliphatic carbocycles. The summed E-state index contributed by atoms with van der Waals surface area (Å²) in [5.74, 6) is -1.48. The van der Waals surface area contributed by atoms with Crippen molar-refractivity contribution in [2.75, 3.05) is 5.32 Å². The highest BCUT2D eigenvalue weighted by Gasteiger charge is 2.10. The van der Waals surface area contributed by atoms with Crippen LogP contribution in [0.3, 0.4) is 0 Å². The lowest BCUT2D eigenvalue weighted by Gasteiger charge is -2.09. The van der Waals surface area contributed by atoms with E-state index in [9.17, 15) is 13.6 Å². The van der Waals surface area contributed by atoms with Gasteiger partial charge in [-0.1, -0.05) is 0 Å². The molecule has 1 aromatic heterocycles. The Hall–Kier alpha value is -2.57. The number of carbonyl (C=O) groups is 1. The number of aromatic nitrogens is 2. The molecule has 0 unspecified atom stereocenters. The first kappa shape index (κ1) is 14.8. The van der Waals surface area contributed by atoms with Crippen LogP contribution in [0.25, 0.3) is 0 Å². The fourth-order valence-electron chi connectivity index (χ4n) is 1.57. The number of halogens is 2. The summed E-state index contributed by atoms with van der Waals surface area (Å²) in [4.78, 5) is 19.6. The SMILES string of the molecule is CC(C)NC(=O)c1cnc(Nc2ccc(F)cc2F)cn1. The van der Waals surface area contributed by atoms with Crippen LogP contribution < -0.4 is 10.6 Å². The number of nitrogens with zero attached hydrogens (tertiary/aromatic N) is 2. The highest BCUT2D eigenvalue weighted by atomic mass is 19.1. The molecule has 21 heavy (non-hydrogen) atoms. The molecule has 1 amide bonds. The average Bonchev–Trinajstić information content (AvgIpc) is 2.42. The lowest BCUT2D eigenvalue weighted by atomic mass is 10.3. The molecule has 1 heterocycles.